The Morgan fingerprint density at radius 2 is 1.52 bits per heavy atom. The van der Waals surface area contributed by atoms with Gasteiger partial charge in [0, 0.05) is 5.56 Å². The van der Waals surface area contributed by atoms with E-state index in [4.69, 9.17) is 15.2 Å². The molecule has 2 rings (SSSR count). The van der Waals surface area contributed by atoms with E-state index in [-0.39, 0.29) is 6.61 Å². The standard InChI is InChI=1S/C16H15NO4/c17-16(19)15(12-7-3-1-4-8-12)21-14(18)11-20-13-9-5-2-6-10-13/h1-10,15H,11H2,(H2,17,19)/t15-/m0/s1. The molecule has 0 aliphatic heterocycles. The number of primary amides is 1. The molecule has 0 spiro atoms. The lowest BCUT2D eigenvalue weighted by atomic mass is 10.1. The Morgan fingerprint density at radius 1 is 0.952 bits per heavy atom. The summed E-state index contributed by atoms with van der Waals surface area (Å²) in [6.07, 6.45) is -1.11. The van der Waals surface area contributed by atoms with Crippen LogP contribution in [0.15, 0.2) is 60.7 Å². The quantitative estimate of drug-likeness (QED) is 0.821. The van der Waals surface area contributed by atoms with Crippen LogP contribution in [0.1, 0.15) is 11.7 Å². The van der Waals surface area contributed by atoms with E-state index in [2.05, 4.69) is 0 Å². The number of para-hydroxylation sites is 1. The molecule has 2 aromatic rings. The first-order valence-electron chi connectivity index (χ1n) is 6.38. The van der Waals surface area contributed by atoms with E-state index >= 15 is 0 Å². The van der Waals surface area contributed by atoms with Crippen LogP contribution in [-0.4, -0.2) is 18.5 Å². The van der Waals surface area contributed by atoms with Crippen molar-refractivity contribution in [1.82, 2.24) is 0 Å². The van der Waals surface area contributed by atoms with E-state index in [0.717, 1.165) is 0 Å². The van der Waals surface area contributed by atoms with Crippen molar-refractivity contribution in [3.8, 4) is 5.75 Å². The SMILES string of the molecule is NC(=O)[C@@H](OC(=O)COc1ccccc1)c1ccccc1. The van der Waals surface area contributed by atoms with Crippen LogP contribution in [0.5, 0.6) is 5.75 Å². The zero-order valence-corrected chi connectivity index (χ0v) is 11.3. The minimum Gasteiger partial charge on any atom is -0.482 e. The van der Waals surface area contributed by atoms with Crippen molar-refractivity contribution in [2.24, 2.45) is 5.73 Å². The van der Waals surface area contributed by atoms with Crippen molar-refractivity contribution >= 4 is 11.9 Å². The summed E-state index contributed by atoms with van der Waals surface area (Å²) in [6, 6.07) is 17.5. The Morgan fingerprint density at radius 3 is 2.10 bits per heavy atom. The predicted octanol–water partition coefficient (Wildman–Crippen LogP) is 1.84. The number of carbonyl (C=O) groups excluding carboxylic acids is 2. The summed E-state index contributed by atoms with van der Waals surface area (Å²) in [5, 5.41) is 0. The monoisotopic (exact) mass is 285 g/mol. The van der Waals surface area contributed by atoms with Gasteiger partial charge in [-0.25, -0.2) is 4.79 Å². The third kappa shape index (κ3) is 4.35. The molecule has 0 radical (unpaired) electrons. The summed E-state index contributed by atoms with van der Waals surface area (Å²) in [4.78, 5) is 23.2. The summed E-state index contributed by atoms with van der Waals surface area (Å²) in [6.45, 7) is -0.291. The second kappa shape index (κ2) is 7.09. The summed E-state index contributed by atoms with van der Waals surface area (Å²) in [5.74, 6) is -0.842. The first kappa shape index (κ1) is 14.6. The number of amides is 1. The number of benzene rings is 2. The Hall–Kier alpha value is -2.82. The highest BCUT2D eigenvalue weighted by molar-refractivity contribution is 5.83. The van der Waals surface area contributed by atoms with Gasteiger partial charge in [-0.15, -0.1) is 0 Å². The molecule has 0 fully saturated rings. The van der Waals surface area contributed by atoms with Crippen LogP contribution in [-0.2, 0) is 14.3 Å². The second-order valence-corrected chi connectivity index (χ2v) is 4.28. The van der Waals surface area contributed by atoms with E-state index in [1.165, 1.54) is 0 Å². The van der Waals surface area contributed by atoms with Gasteiger partial charge in [-0.2, -0.15) is 0 Å². The summed E-state index contributed by atoms with van der Waals surface area (Å²) >= 11 is 0. The Balaban J connectivity index is 1.95. The van der Waals surface area contributed by atoms with Gasteiger partial charge in [0.25, 0.3) is 5.91 Å². The fourth-order valence-electron chi connectivity index (χ4n) is 1.74. The van der Waals surface area contributed by atoms with Crippen molar-refractivity contribution in [3.63, 3.8) is 0 Å². The smallest absolute Gasteiger partial charge is 0.345 e. The molecule has 2 N–H and O–H groups in total. The Kier molecular flexibility index (Phi) is 4.93. The minimum absolute atomic E-state index is 0.291. The maximum atomic E-state index is 11.7. The maximum Gasteiger partial charge on any atom is 0.345 e. The van der Waals surface area contributed by atoms with Gasteiger partial charge in [-0.05, 0) is 12.1 Å². The molecule has 1 atom stereocenters. The van der Waals surface area contributed by atoms with Crippen LogP contribution in [0.25, 0.3) is 0 Å². The Labute approximate surface area is 122 Å². The lowest BCUT2D eigenvalue weighted by Crippen LogP contribution is -2.28. The average molecular weight is 285 g/mol. The molecule has 0 aliphatic carbocycles. The normalized spacial score (nSPS) is 11.4. The van der Waals surface area contributed by atoms with E-state index in [1.807, 2.05) is 6.07 Å². The molecule has 0 unspecified atom stereocenters. The highest BCUT2D eigenvalue weighted by atomic mass is 16.6. The molecular formula is C16H15NO4. The predicted molar refractivity (Wildman–Crippen MR) is 76.4 cm³/mol. The summed E-state index contributed by atoms with van der Waals surface area (Å²) in [5.41, 5.74) is 5.79. The number of carbonyl (C=O) groups is 2. The molecule has 108 valence electrons. The first-order chi connectivity index (χ1) is 10.2. The third-order valence-electron chi connectivity index (χ3n) is 2.71. The van der Waals surface area contributed by atoms with Crippen LogP contribution in [0.4, 0.5) is 0 Å². The minimum atomic E-state index is -1.11. The van der Waals surface area contributed by atoms with Crippen LogP contribution in [0, 0.1) is 0 Å². The van der Waals surface area contributed by atoms with Crippen molar-refractivity contribution in [2.75, 3.05) is 6.61 Å². The van der Waals surface area contributed by atoms with Gasteiger partial charge in [-0.3, -0.25) is 4.79 Å². The van der Waals surface area contributed by atoms with Crippen molar-refractivity contribution in [3.05, 3.63) is 66.2 Å². The van der Waals surface area contributed by atoms with Gasteiger partial charge >= 0.3 is 5.97 Å². The van der Waals surface area contributed by atoms with Crippen LogP contribution < -0.4 is 10.5 Å². The molecule has 0 saturated carbocycles. The Bertz CT molecular complexity index is 598. The van der Waals surface area contributed by atoms with Crippen molar-refractivity contribution in [1.29, 1.82) is 0 Å². The van der Waals surface area contributed by atoms with Gasteiger partial charge in [-0.1, -0.05) is 48.5 Å². The first-order valence-corrected chi connectivity index (χ1v) is 6.38. The molecule has 5 heteroatoms. The zero-order valence-electron chi connectivity index (χ0n) is 11.3. The van der Waals surface area contributed by atoms with E-state index in [0.29, 0.717) is 11.3 Å². The van der Waals surface area contributed by atoms with E-state index in [9.17, 15) is 9.59 Å². The third-order valence-corrected chi connectivity index (χ3v) is 2.71. The molecule has 2 aromatic carbocycles. The van der Waals surface area contributed by atoms with Crippen LogP contribution in [0.2, 0.25) is 0 Å². The number of ether oxygens (including phenoxy) is 2. The van der Waals surface area contributed by atoms with E-state index in [1.54, 1.807) is 54.6 Å². The highest BCUT2D eigenvalue weighted by Crippen LogP contribution is 2.17. The van der Waals surface area contributed by atoms with Crippen LogP contribution >= 0.6 is 0 Å². The van der Waals surface area contributed by atoms with Crippen molar-refractivity contribution in [2.45, 2.75) is 6.10 Å². The van der Waals surface area contributed by atoms with Gasteiger partial charge in [0.1, 0.15) is 5.75 Å². The molecule has 0 aliphatic rings. The van der Waals surface area contributed by atoms with Gasteiger partial charge in [0.05, 0.1) is 0 Å². The summed E-state index contributed by atoms with van der Waals surface area (Å²) in [7, 11) is 0. The largest absolute Gasteiger partial charge is 0.482 e. The molecule has 0 bridgehead atoms. The number of esters is 1. The number of nitrogens with two attached hydrogens (primary N) is 1. The second-order valence-electron chi connectivity index (χ2n) is 4.28. The number of hydrogen-bond donors (Lipinski definition) is 1. The van der Waals surface area contributed by atoms with Gasteiger partial charge in [0.2, 0.25) is 6.10 Å². The fraction of sp³-hybridized carbons (Fsp3) is 0.125. The van der Waals surface area contributed by atoms with Crippen LogP contribution in [0.3, 0.4) is 0 Å². The molecule has 1 amide bonds. The van der Waals surface area contributed by atoms with E-state index < -0.39 is 18.0 Å². The molecule has 21 heavy (non-hydrogen) atoms. The molecule has 0 heterocycles. The number of rotatable bonds is 6. The maximum absolute atomic E-state index is 11.7. The molecule has 0 saturated heterocycles. The van der Waals surface area contributed by atoms with Gasteiger partial charge < -0.3 is 15.2 Å². The fourth-order valence-corrected chi connectivity index (χ4v) is 1.74. The molecule has 5 nitrogen and oxygen atoms in total. The zero-order chi connectivity index (χ0) is 15.1. The van der Waals surface area contributed by atoms with Gasteiger partial charge in [0.15, 0.2) is 6.61 Å². The average Bonchev–Trinajstić information content (AvgIpc) is 2.52. The molecular weight excluding hydrogens is 270 g/mol. The number of hydrogen-bond acceptors (Lipinski definition) is 4. The lowest BCUT2D eigenvalue weighted by molar-refractivity contribution is -0.157. The highest BCUT2D eigenvalue weighted by Gasteiger charge is 2.22. The van der Waals surface area contributed by atoms with Crippen molar-refractivity contribution < 1.29 is 19.1 Å². The molecule has 0 aromatic heterocycles. The topological polar surface area (TPSA) is 78.6 Å². The lowest BCUT2D eigenvalue weighted by Gasteiger charge is -2.15. The summed E-state index contributed by atoms with van der Waals surface area (Å²) < 4.78 is 10.3.